The molecule has 0 aromatic carbocycles. The van der Waals surface area contributed by atoms with Crippen LogP contribution in [0.4, 0.5) is 0 Å². The van der Waals surface area contributed by atoms with E-state index in [9.17, 15) is 0 Å². The zero-order valence-electron chi connectivity index (χ0n) is 3.59. The van der Waals surface area contributed by atoms with Crippen molar-refractivity contribution in [1.82, 2.24) is 4.99 Å². The Morgan fingerprint density at radius 1 is 1.83 bits per heavy atom. The zero-order valence-corrected chi connectivity index (χ0v) is 3.59. The number of nitrogens with zero attached hydrogens (tertiary/aromatic N) is 1. The van der Waals surface area contributed by atoms with Gasteiger partial charge in [0.25, 0.3) is 6.34 Å². The van der Waals surface area contributed by atoms with Gasteiger partial charge in [-0.05, 0) is 6.08 Å². The normalized spacial score (nSPS) is 9.33. The predicted octanol–water partition coefficient (Wildman–Crippen LogP) is -0.505. The van der Waals surface area contributed by atoms with Crippen molar-refractivity contribution >= 4 is 6.34 Å². The molecule has 2 nitrogen and oxygen atoms in total. The van der Waals surface area contributed by atoms with Crippen LogP contribution in [0.15, 0.2) is 12.7 Å². The fraction of sp³-hybridized carbons (Fsp3) is 0.250. The minimum Gasteiger partial charge on any atom is -0.291 e. The van der Waals surface area contributed by atoms with Gasteiger partial charge in [0.05, 0.1) is 0 Å². The van der Waals surface area contributed by atoms with Gasteiger partial charge >= 0.3 is 0 Å². The van der Waals surface area contributed by atoms with Crippen LogP contribution >= 0.6 is 0 Å². The first-order valence-electron chi connectivity index (χ1n) is 1.72. The Morgan fingerprint density at radius 3 is 2.67 bits per heavy atom. The monoisotopic (exact) mass is 84.1 g/mol. The molecule has 2 N–H and O–H groups in total. The summed E-state index contributed by atoms with van der Waals surface area (Å²) in [6, 6.07) is 0. The fourth-order valence-electron chi connectivity index (χ4n) is 0.135. The van der Waals surface area contributed by atoms with E-state index in [-0.39, 0.29) is 0 Å². The molecule has 0 fully saturated rings. The van der Waals surface area contributed by atoms with Crippen LogP contribution in [-0.2, 0) is 0 Å². The number of hydrogen-bond acceptors (Lipinski definition) is 1. The molecule has 0 aromatic heterocycles. The first-order chi connectivity index (χ1) is 2.91. The summed E-state index contributed by atoms with van der Waals surface area (Å²) < 4.78 is 0. The van der Waals surface area contributed by atoms with E-state index in [2.05, 4.69) is 11.6 Å². The van der Waals surface area contributed by atoms with Gasteiger partial charge in [-0.3, -0.25) is 5.73 Å². The van der Waals surface area contributed by atoms with Crippen molar-refractivity contribution in [2.75, 3.05) is 6.54 Å². The first-order valence-corrected chi connectivity index (χ1v) is 1.72. The third-order valence-electron chi connectivity index (χ3n) is 0.340. The first kappa shape index (κ1) is 5.21. The Bertz CT molecular complexity index is 56.6. The number of rotatable bonds is 2. The lowest BCUT2D eigenvalue weighted by Crippen LogP contribution is -1.99. The molecule has 0 spiro atoms. The molecule has 0 unspecified atom stereocenters. The van der Waals surface area contributed by atoms with Gasteiger partial charge < -0.3 is 0 Å². The van der Waals surface area contributed by atoms with Gasteiger partial charge in [-0.15, -0.1) is 0 Å². The van der Waals surface area contributed by atoms with E-state index in [1.807, 2.05) is 0 Å². The molecule has 0 saturated carbocycles. The minimum absolute atomic E-state index is 0.622. The van der Waals surface area contributed by atoms with Crippen LogP contribution in [0, 0.1) is 0 Å². The van der Waals surface area contributed by atoms with Crippen molar-refractivity contribution in [3.05, 3.63) is 12.7 Å². The van der Waals surface area contributed by atoms with Gasteiger partial charge in [-0.25, -0.2) is 0 Å². The maximum Gasteiger partial charge on any atom is 0.271 e. The van der Waals surface area contributed by atoms with Crippen molar-refractivity contribution in [1.29, 1.82) is 0 Å². The SMILES string of the molecule is C=CC[N+]=CN. The van der Waals surface area contributed by atoms with Crippen molar-refractivity contribution in [3.8, 4) is 0 Å². The van der Waals surface area contributed by atoms with Crippen LogP contribution in [0.25, 0.3) is 0 Å². The predicted molar refractivity (Wildman–Crippen MR) is 27.4 cm³/mol. The van der Waals surface area contributed by atoms with Gasteiger partial charge in [0.15, 0.2) is 0 Å². The highest BCUT2D eigenvalue weighted by Gasteiger charge is 1.68. The molecular weight excluding hydrogens is 76.1 g/mol. The van der Waals surface area contributed by atoms with E-state index in [0.29, 0.717) is 6.54 Å². The topological polar surface area (TPSA) is 40.1 Å². The minimum atomic E-state index is 0.622. The third kappa shape index (κ3) is 3.21. The summed E-state index contributed by atoms with van der Waals surface area (Å²) in [6.45, 7) is 4.05. The molecule has 33 valence electrons. The second kappa shape index (κ2) is 4.21. The van der Waals surface area contributed by atoms with Crippen molar-refractivity contribution < 1.29 is 0 Å². The van der Waals surface area contributed by atoms with E-state index < -0.39 is 0 Å². The van der Waals surface area contributed by atoms with E-state index in [0.717, 1.165) is 0 Å². The summed E-state index contributed by atoms with van der Waals surface area (Å²) in [5.74, 6) is 0. The lowest BCUT2D eigenvalue weighted by molar-refractivity contribution is 1.12. The van der Waals surface area contributed by atoms with Crippen LogP contribution in [-0.4, -0.2) is 12.9 Å². The maximum atomic E-state index is 4.88. The van der Waals surface area contributed by atoms with Crippen LogP contribution in [0.1, 0.15) is 0 Å². The zero-order chi connectivity index (χ0) is 4.83. The second-order valence-corrected chi connectivity index (χ2v) is 0.803. The molecule has 0 heterocycles. The molecule has 1 radical (unpaired) electrons. The van der Waals surface area contributed by atoms with E-state index in [1.54, 1.807) is 6.08 Å². The van der Waals surface area contributed by atoms with Crippen molar-refractivity contribution in [3.63, 3.8) is 0 Å². The number of nitrogens with two attached hydrogens (primary N) is 1. The number of hydrogen-bond donors (Lipinski definition) is 1. The van der Waals surface area contributed by atoms with Crippen LogP contribution in [0.2, 0.25) is 0 Å². The third-order valence-corrected chi connectivity index (χ3v) is 0.340. The van der Waals surface area contributed by atoms with Crippen LogP contribution in [0.3, 0.4) is 0 Å². The van der Waals surface area contributed by atoms with E-state index in [4.69, 9.17) is 5.73 Å². The largest absolute Gasteiger partial charge is 0.291 e. The van der Waals surface area contributed by atoms with Gasteiger partial charge in [-0.1, -0.05) is 11.6 Å². The Balaban J connectivity index is 2.85. The molecule has 0 aromatic rings. The average Bonchev–Trinajstić information content (AvgIpc) is 1.61. The second-order valence-electron chi connectivity index (χ2n) is 0.803. The Hall–Kier alpha value is -0.790. The van der Waals surface area contributed by atoms with Gasteiger partial charge in [0.1, 0.15) is 6.54 Å². The van der Waals surface area contributed by atoms with Crippen LogP contribution < -0.4 is 10.7 Å². The lowest BCUT2D eigenvalue weighted by Gasteiger charge is -1.60. The maximum absolute atomic E-state index is 4.88. The Labute approximate surface area is 37.4 Å². The summed E-state index contributed by atoms with van der Waals surface area (Å²) in [5.41, 5.74) is 4.88. The van der Waals surface area contributed by atoms with Gasteiger partial charge in [0.2, 0.25) is 0 Å². The van der Waals surface area contributed by atoms with Gasteiger partial charge in [0, 0.05) is 0 Å². The smallest absolute Gasteiger partial charge is 0.271 e. The molecule has 0 amide bonds. The molecule has 0 saturated heterocycles. The van der Waals surface area contributed by atoms with Gasteiger partial charge in [-0.2, -0.15) is 0 Å². The van der Waals surface area contributed by atoms with Crippen LogP contribution in [0.5, 0.6) is 0 Å². The molecule has 2 heteroatoms. The molecule has 6 heavy (non-hydrogen) atoms. The van der Waals surface area contributed by atoms with E-state index >= 15 is 0 Å². The van der Waals surface area contributed by atoms with E-state index in [1.165, 1.54) is 6.34 Å². The highest BCUT2D eigenvalue weighted by molar-refractivity contribution is 5.49. The highest BCUT2D eigenvalue weighted by Crippen LogP contribution is 1.48. The lowest BCUT2D eigenvalue weighted by atomic mass is 10.7. The summed E-state index contributed by atoms with van der Waals surface area (Å²) in [4.78, 5) is 3.62. The summed E-state index contributed by atoms with van der Waals surface area (Å²) in [6.07, 6.45) is 2.95. The standard InChI is InChI=1S/C4H8N2/c1-2-3-6-4-5/h2,4H,1,3,5H2/q+1. The van der Waals surface area contributed by atoms with Crippen molar-refractivity contribution in [2.24, 2.45) is 5.73 Å². The average molecular weight is 84.1 g/mol. The molecule has 0 aliphatic carbocycles. The molecular formula is C4H8N2+. The number of aliphatic imine (C=N–C) groups is 1. The Kier molecular flexibility index (Phi) is 3.66. The summed E-state index contributed by atoms with van der Waals surface area (Å²) in [7, 11) is 0. The van der Waals surface area contributed by atoms with Crippen molar-refractivity contribution in [2.45, 2.75) is 0 Å². The molecule has 0 bridgehead atoms. The quantitative estimate of drug-likeness (QED) is 0.273. The molecule has 0 aliphatic rings. The molecule has 0 atom stereocenters. The molecule has 0 aliphatic heterocycles. The molecule has 0 rings (SSSR count). The Morgan fingerprint density at radius 2 is 2.50 bits per heavy atom. The summed E-state index contributed by atoms with van der Waals surface area (Å²) >= 11 is 0. The summed E-state index contributed by atoms with van der Waals surface area (Å²) in [5, 5.41) is 0. The fourth-order valence-corrected chi connectivity index (χ4v) is 0.135. The highest BCUT2D eigenvalue weighted by atomic mass is 14.8.